The molecule has 128 valence electrons. The number of ether oxygens (including phenoxy) is 2. The highest BCUT2D eigenvalue weighted by Crippen LogP contribution is 2.28. The number of hydrogen-bond acceptors (Lipinski definition) is 3. The number of nitrogens with one attached hydrogen (secondary N) is 2. The molecule has 2 aromatic rings. The Morgan fingerprint density at radius 3 is 2.58 bits per heavy atom. The predicted octanol–water partition coefficient (Wildman–Crippen LogP) is 4.20. The first-order valence-corrected chi connectivity index (χ1v) is 8.36. The van der Waals surface area contributed by atoms with E-state index in [1.54, 1.807) is 7.11 Å². The van der Waals surface area contributed by atoms with E-state index in [4.69, 9.17) is 21.7 Å². The van der Waals surface area contributed by atoms with E-state index in [1.165, 1.54) is 5.56 Å². The quantitative estimate of drug-likeness (QED) is 0.769. The van der Waals surface area contributed by atoms with Crippen LogP contribution in [0.3, 0.4) is 0 Å². The summed E-state index contributed by atoms with van der Waals surface area (Å²) in [5, 5.41) is 7.07. The Morgan fingerprint density at radius 2 is 1.88 bits per heavy atom. The van der Waals surface area contributed by atoms with Crippen LogP contribution in [-0.2, 0) is 6.54 Å². The van der Waals surface area contributed by atoms with Crippen molar-refractivity contribution in [2.24, 2.45) is 0 Å². The minimum atomic E-state index is 0.595. The smallest absolute Gasteiger partial charge is 0.171 e. The molecule has 2 N–H and O–H groups in total. The lowest BCUT2D eigenvalue weighted by Gasteiger charge is -2.14. The molecule has 2 rings (SSSR count). The van der Waals surface area contributed by atoms with Gasteiger partial charge in [0.05, 0.1) is 13.7 Å². The van der Waals surface area contributed by atoms with Gasteiger partial charge in [0.25, 0.3) is 0 Å². The van der Waals surface area contributed by atoms with E-state index in [-0.39, 0.29) is 0 Å². The van der Waals surface area contributed by atoms with E-state index < -0.39 is 0 Å². The fraction of sp³-hybridized carbons (Fsp3) is 0.316. The van der Waals surface area contributed by atoms with E-state index in [2.05, 4.69) is 42.7 Å². The first kappa shape index (κ1) is 18.1. The molecule has 0 bridgehead atoms. The van der Waals surface area contributed by atoms with Crippen molar-refractivity contribution in [1.29, 1.82) is 0 Å². The second-order valence-corrected chi connectivity index (χ2v) is 5.95. The van der Waals surface area contributed by atoms with Gasteiger partial charge in [-0.2, -0.15) is 0 Å². The molecule has 0 saturated carbocycles. The summed E-state index contributed by atoms with van der Waals surface area (Å²) >= 11 is 5.39. The number of rotatable bonds is 6. The lowest BCUT2D eigenvalue weighted by Crippen LogP contribution is -2.28. The lowest BCUT2D eigenvalue weighted by molar-refractivity contribution is 0.310. The molecule has 0 amide bonds. The van der Waals surface area contributed by atoms with Gasteiger partial charge in [0.1, 0.15) is 0 Å². The molecule has 0 aliphatic carbocycles. The molecule has 4 nitrogen and oxygen atoms in total. The Labute approximate surface area is 149 Å². The van der Waals surface area contributed by atoms with Gasteiger partial charge in [0.15, 0.2) is 16.6 Å². The molecule has 0 fully saturated rings. The SMILES string of the molecule is CCOc1cc(CNC(=S)Nc2cc(C)ccc2C)ccc1OC. The van der Waals surface area contributed by atoms with E-state index in [1.807, 2.05) is 25.1 Å². The summed E-state index contributed by atoms with van der Waals surface area (Å²) in [6, 6.07) is 12.1. The number of thiocarbonyl (C=S) groups is 1. The fourth-order valence-corrected chi connectivity index (χ4v) is 2.50. The molecular weight excluding hydrogens is 320 g/mol. The van der Waals surface area contributed by atoms with Crippen LogP contribution in [0.5, 0.6) is 11.5 Å². The number of anilines is 1. The first-order valence-electron chi connectivity index (χ1n) is 7.95. The van der Waals surface area contributed by atoms with Crippen LogP contribution in [0.25, 0.3) is 0 Å². The van der Waals surface area contributed by atoms with Gasteiger partial charge in [-0.25, -0.2) is 0 Å². The Hall–Kier alpha value is -2.27. The standard InChI is InChI=1S/C19H24N2O2S/c1-5-23-18-11-15(8-9-17(18)22-4)12-20-19(24)21-16-10-13(2)6-7-14(16)3/h6-11H,5,12H2,1-4H3,(H2,20,21,24). The van der Waals surface area contributed by atoms with Gasteiger partial charge >= 0.3 is 0 Å². The second kappa shape index (κ2) is 8.55. The first-order chi connectivity index (χ1) is 11.5. The molecule has 0 radical (unpaired) electrons. The Balaban J connectivity index is 1.98. The van der Waals surface area contributed by atoms with Gasteiger partial charge < -0.3 is 20.1 Å². The van der Waals surface area contributed by atoms with Crippen LogP contribution in [0, 0.1) is 13.8 Å². The second-order valence-electron chi connectivity index (χ2n) is 5.54. The molecule has 5 heteroatoms. The van der Waals surface area contributed by atoms with Crippen LogP contribution in [0.15, 0.2) is 36.4 Å². The van der Waals surface area contributed by atoms with Crippen LogP contribution in [0.1, 0.15) is 23.6 Å². The maximum absolute atomic E-state index is 5.60. The summed E-state index contributed by atoms with van der Waals surface area (Å²) < 4.78 is 10.9. The molecule has 0 aromatic heterocycles. The van der Waals surface area contributed by atoms with E-state index in [0.29, 0.717) is 18.3 Å². The summed E-state index contributed by atoms with van der Waals surface area (Å²) in [4.78, 5) is 0. The summed E-state index contributed by atoms with van der Waals surface area (Å²) in [5.74, 6) is 1.48. The molecular formula is C19H24N2O2S. The third-order valence-electron chi connectivity index (χ3n) is 3.62. The molecule has 0 aliphatic heterocycles. The topological polar surface area (TPSA) is 42.5 Å². The summed E-state index contributed by atoms with van der Waals surface area (Å²) in [6.45, 7) is 7.28. The highest BCUT2D eigenvalue weighted by molar-refractivity contribution is 7.80. The average molecular weight is 344 g/mol. The summed E-state index contributed by atoms with van der Waals surface area (Å²) in [6.07, 6.45) is 0. The van der Waals surface area contributed by atoms with Crippen molar-refractivity contribution in [3.63, 3.8) is 0 Å². The minimum absolute atomic E-state index is 0.595. The van der Waals surface area contributed by atoms with E-state index in [9.17, 15) is 0 Å². The van der Waals surface area contributed by atoms with Crippen molar-refractivity contribution in [3.05, 3.63) is 53.1 Å². The zero-order chi connectivity index (χ0) is 17.5. The molecule has 2 aromatic carbocycles. The maximum Gasteiger partial charge on any atom is 0.171 e. The molecule has 0 saturated heterocycles. The molecule has 0 aliphatic rings. The van der Waals surface area contributed by atoms with Crippen LogP contribution in [0.4, 0.5) is 5.69 Å². The fourth-order valence-electron chi connectivity index (χ4n) is 2.32. The number of benzene rings is 2. The molecule has 0 unspecified atom stereocenters. The Morgan fingerprint density at radius 1 is 1.08 bits per heavy atom. The van der Waals surface area contributed by atoms with Crippen molar-refractivity contribution in [2.45, 2.75) is 27.3 Å². The largest absolute Gasteiger partial charge is 0.493 e. The number of hydrogen-bond donors (Lipinski definition) is 2. The van der Waals surface area contributed by atoms with Crippen molar-refractivity contribution < 1.29 is 9.47 Å². The monoisotopic (exact) mass is 344 g/mol. The highest BCUT2D eigenvalue weighted by Gasteiger charge is 2.06. The van der Waals surface area contributed by atoms with Crippen molar-refractivity contribution in [2.75, 3.05) is 19.0 Å². The average Bonchev–Trinajstić information content (AvgIpc) is 2.57. The van der Waals surface area contributed by atoms with Crippen LogP contribution < -0.4 is 20.1 Å². The Bertz CT molecular complexity index is 717. The third-order valence-corrected chi connectivity index (χ3v) is 3.87. The zero-order valence-electron chi connectivity index (χ0n) is 14.6. The van der Waals surface area contributed by atoms with Crippen LogP contribution in [0.2, 0.25) is 0 Å². The third kappa shape index (κ3) is 4.86. The van der Waals surface area contributed by atoms with Crippen molar-refractivity contribution >= 4 is 23.0 Å². The maximum atomic E-state index is 5.60. The van der Waals surface area contributed by atoms with E-state index >= 15 is 0 Å². The van der Waals surface area contributed by atoms with Gasteiger partial charge in [-0.05, 0) is 67.9 Å². The van der Waals surface area contributed by atoms with Gasteiger partial charge in [-0.15, -0.1) is 0 Å². The van der Waals surface area contributed by atoms with Gasteiger partial charge in [-0.3, -0.25) is 0 Å². The highest BCUT2D eigenvalue weighted by atomic mass is 32.1. The van der Waals surface area contributed by atoms with Gasteiger partial charge in [0.2, 0.25) is 0 Å². The van der Waals surface area contributed by atoms with E-state index in [0.717, 1.165) is 28.3 Å². The molecule has 0 atom stereocenters. The zero-order valence-corrected chi connectivity index (χ0v) is 15.4. The summed E-state index contributed by atoms with van der Waals surface area (Å²) in [7, 11) is 1.64. The molecule has 24 heavy (non-hydrogen) atoms. The molecule has 0 heterocycles. The van der Waals surface area contributed by atoms with Crippen molar-refractivity contribution in [3.8, 4) is 11.5 Å². The normalized spacial score (nSPS) is 10.2. The van der Waals surface area contributed by atoms with Crippen LogP contribution in [-0.4, -0.2) is 18.8 Å². The van der Waals surface area contributed by atoms with Gasteiger partial charge in [0, 0.05) is 12.2 Å². The van der Waals surface area contributed by atoms with Crippen molar-refractivity contribution in [1.82, 2.24) is 5.32 Å². The summed E-state index contributed by atoms with van der Waals surface area (Å²) in [5.41, 5.74) is 4.46. The van der Waals surface area contributed by atoms with Gasteiger partial charge in [-0.1, -0.05) is 18.2 Å². The number of methoxy groups -OCH3 is 1. The van der Waals surface area contributed by atoms with Crippen LogP contribution >= 0.6 is 12.2 Å². The number of aryl methyl sites for hydroxylation is 2. The predicted molar refractivity (Wildman–Crippen MR) is 103 cm³/mol. The lowest BCUT2D eigenvalue weighted by atomic mass is 10.1. The Kier molecular flexibility index (Phi) is 6.44. The minimum Gasteiger partial charge on any atom is -0.493 e. The molecule has 0 spiro atoms.